The van der Waals surface area contributed by atoms with E-state index in [0.717, 1.165) is 23.1 Å². The molecule has 16 heteroatoms. The first-order valence-electron chi connectivity index (χ1n) is 12.5. The third kappa shape index (κ3) is 5.43. The van der Waals surface area contributed by atoms with E-state index in [1.165, 1.54) is 19.9 Å². The van der Waals surface area contributed by atoms with E-state index in [1.807, 2.05) is 6.07 Å². The van der Waals surface area contributed by atoms with Gasteiger partial charge in [0.25, 0.3) is 11.8 Å². The van der Waals surface area contributed by atoms with Crippen LogP contribution in [-0.2, 0) is 28.9 Å². The van der Waals surface area contributed by atoms with Gasteiger partial charge in [-0.2, -0.15) is 23.5 Å². The fourth-order valence-corrected chi connectivity index (χ4v) is 4.45. The molecule has 224 valence electrons. The highest BCUT2D eigenvalue weighted by molar-refractivity contribution is 5.99. The lowest BCUT2D eigenvalue weighted by Crippen LogP contribution is -2.43. The van der Waals surface area contributed by atoms with Crippen LogP contribution in [0, 0.1) is 23.0 Å². The number of halogens is 7. The number of carbonyl (C=O) groups is 1. The first-order chi connectivity index (χ1) is 20.0. The fourth-order valence-electron chi connectivity index (χ4n) is 4.45. The highest BCUT2D eigenvalue weighted by atomic mass is 19.4. The Labute approximate surface area is 238 Å². The zero-order valence-corrected chi connectivity index (χ0v) is 22.3. The molecule has 5 rings (SSSR count). The molecule has 3 heterocycles. The largest absolute Gasteiger partial charge is 0.419 e. The Morgan fingerprint density at radius 1 is 1.12 bits per heavy atom. The number of hydrogen-bond donors (Lipinski definition) is 1. The monoisotopic (exact) mass is 607 g/mol. The summed E-state index contributed by atoms with van der Waals surface area (Å²) in [5.41, 5.74) is 1.33. The van der Waals surface area contributed by atoms with Gasteiger partial charge in [0, 0.05) is 18.2 Å². The quantitative estimate of drug-likeness (QED) is 0.302. The van der Waals surface area contributed by atoms with Gasteiger partial charge in [-0.1, -0.05) is 6.07 Å². The molecule has 1 amide bonds. The minimum atomic E-state index is -4.71. The topological polar surface area (TPSA) is 127 Å². The molecule has 1 atom stereocenters. The predicted molar refractivity (Wildman–Crippen MR) is 135 cm³/mol. The highest BCUT2D eigenvalue weighted by Gasteiger charge is 2.45. The van der Waals surface area contributed by atoms with E-state index in [-0.39, 0.29) is 17.1 Å². The number of hydrogen-bond acceptors (Lipinski definition) is 7. The predicted octanol–water partition coefficient (Wildman–Crippen LogP) is 5.38. The second kappa shape index (κ2) is 10.2. The molecule has 43 heavy (non-hydrogen) atoms. The van der Waals surface area contributed by atoms with E-state index in [4.69, 9.17) is 10.2 Å². The van der Waals surface area contributed by atoms with Gasteiger partial charge in [0.1, 0.15) is 22.7 Å². The van der Waals surface area contributed by atoms with Crippen molar-refractivity contribution in [1.29, 1.82) is 5.26 Å². The summed E-state index contributed by atoms with van der Waals surface area (Å²) in [7, 11) is 0. The lowest BCUT2D eigenvalue weighted by molar-refractivity contribution is -0.137. The molecule has 1 aliphatic heterocycles. The van der Waals surface area contributed by atoms with Gasteiger partial charge in [-0.05, 0) is 43.7 Å². The number of fused-ring (bicyclic) bond motifs is 1. The molecule has 0 fully saturated rings. The van der Waals surface area contributed by atoms with Crippen LogP contribution < -0.4 is 10.6 Å². The van der Waals surface area contributed by atoms with Crippen LogP contribution in [0.2, 0.25) is 0 Å². The standard InChI is InChI=1S/C27H20F7N7O2/c1-25(2,12-35)24-39-38-22(43-24)15-6-21-16(7-17(15)28)26(30,31)8-19(36)23(42)40(21)10-13-3-4-20(18(29)5-13)41-11-14(9-37-41)27(32,33)34/h3-7,9,11,19H,8,10,36H2,1-2H3/t19-/m1/s1. The summed E-state index contributed by atoms with van der Waals surface area (Å²) in [6.07, 6.45) is -4.75. The number of anilines is 1. The normalized spacial score (nSPS) is 17.0. The average molecular weight is 607 g/mol. The number of nitrogens with two attached hydrogens (primary N) is 1. The van der Waals surface area contributed by atoms with Gasteiger partial charge < -0.3 is 15.1 Å². The summed E-state index contributed by atoms with van der Waals surface area (Å²) < 4.78 is 106. The van der Waals surface area contributed by atoms with Crippen molar-refractivity contribution >= 4 is 11.6 Å². The smallest absolute Gasteiger partial charge is 0.419 e. The molecule has 2 N–H and O–H groups in total. The van der Waals surface area contributed by atoms with E-state index in [0.29, 0.717) is 23.1 Å². The summed E-state index contributed by atoms with van der Waals surface area (Å²) in [6, 6.07) is 4.88. The number of nitriles is 1. The first kappa shape index (κ1) is 29.7. The number of rotatable bonds is 5. The lowest BCUT2D eigenvalue weighted by atomic mass is 9.96. The molecule has 0 saturated carbocycles. The Morgan fingerprint density at radius 2 is 1.84 bits per heavy atom. The average Bonchev–Trinajstić information content (AvgIpc) is 3.61. The van der Waals surface area contributed by atoms with Crippen molar-refractivity contribution in [3.63, 3.8) is 0 Å². The van der Waals surface area contributed by atoms with Gasteiger partial charge in [-0.25, -0.2) is 22.2 Å². The third-order valence-electron chi connectivity index (χ3n) is 6.81. The van der Waals surface area contributed by atoms with Crippen LogP contribution in [0.1, 0.15) is 42.8 Å². The molecule has 2 aromatic carbocycles. The Hall–Kier alpha value is -4.78. The van der Waals surface area contributed by atoms with E-state index in [2.05, 4.69) is 15.3 Å². The van der Waals surface area contributed by atoms with Crippen LogP contribution in [0.5, 0.6) is 0 Å². The molecule has 0 radical (unpaired) electrons. The molecule has 9 nitrogen and oxygen atoms in total. The summed E-state index contributed by atoms with van der Waals surface area (Å²) in [4.78, 5) is 14.1. The van der Waals surface area contributed by atoms with Gasteiger partial charge in [-0.3, -0.25) is 4.79 Å². The third-order valence-corrected chi connectivity index (χ3v) is 6.81. The second-order valence-electron chi connectivity index (χ2n) is 10.4. The minimum Gasteiger partial charge on any atom is -0.419 e. The van der Waals surface area contributed by atoms with Crippen LogP contribution in [0.4, 0.5) is 36.4 Å². The molecule has 0 spiro atoms. The van der Waals surface area contributed by atoms with Crippen LogP contribution >= 0.6 is 0 Å². The van der Waals surface area contributed by atoms with Gasteiger partial charge in [-0.15, -0.1) is 10.2 Å². The number of nitrogens with zero attached hydrogens (tertiary/aromatic N) is 6. The number of alkyl halides is 5. The van der Waals surface area contributed by atoms with Gasteiger partial charge in [0.15, 0.2) is 0 Å². The van der Waals surface area contributed by atoms with Crippen LogP contribution in [-0.4, -0.2) is 31.9 Å². The number of carbonyl (C=O) groups excluding carboxylic acids is 1. The molecule has 2 aromatic heterocycles. The van der Waals surface area contributed by atoms with Crippen molar-refractivity contribution in [2.45, 2.75) is 50.4 Å². The maximum Gasteiger partial charge on any atom is 0.419 e. The van der Waals surface area contributed by atoms with Crippen molar-refractivity contribution < 1.29 is 39.9 Å². The Morgan fingerprint density at radius 3 is 2.47 bits per heavy atom. The lowest BCUT2D eigenvalue weighted by Gasteiger charge is -2.25. The highest BCUT2D eigenvalue weighted by Crippen LogP contribution is 2.45. The summed E-state index contributed by atoms with van der Waals surface area (Å²) >= 11 is 0. The van der Waals surface area contributed by atoms with Crippen molar-refractivity contribution in [3.05, 3.63) is 76.9 Å². The van der Waals surface area contributed by atoms with Crippen LogP contribution in [0.3, 0.4) is 0 Å². The summed E-state index contributed by atoms with van der Waals surface area (Å²) in [5.74, 6) is -7.57. The number of benzene rings is 2. The van der Waals surface area contributed by atoms with Gasteiger partial charge in [0.2, 0.25) is 11.8 Å². The van der Waals surface area contributed by atoms with E-state index < -0.39 is 82.3 Å². The van der Waals surface area contributed by atoms with Crippen molar-refractivity contribution in [1.82, 2.24) is 20.0 Å². The molecule has 0 aliphatic carbocycles. The van der Waals surface area contributed by atoms with E-state index in [1.54, 1.807) is 0 Å². The molecule has 0 bridgehead atoms. The molecule has 0 saturated heterocycles. The minimum absolute atomic E-state index is 0.0443. The first-order valence-corrected chi connectivity index (χ1v) is 12.5. The van der Waals surface area contributed by atoms with Crippen molar-refractivity contribution in [3.8, 4) is 23.2 Å². The zero-order valence-electron chi connectivity index (χ0n) is 22.3. The fraction of sp³-hybridized carbons (Fsp3) is 0.296. The van der Waals surface area contributed by atoms with E-state index in [9.17, 15) is 23.2 Å². The number of aromatic nitrogens is 4. The maximum atomic E-state index is 15.2. The second-order valence-corrected chi connectivity index (χ2v) is 10.4. The molecule has 4 aromatic rings. The molecule has 1 aliphatic rings. The maximum absolute atomic E-state index is 15.2. The molecular formula is C27H20F7N7O2. The Balaban J connectivity index is 1.57. The SMILES string of the molecule is CC(C)(C#N)c1nnc(-c2cc3c(cc2F)C(F)(F)C[C@@H](N)C(=O)N3Cc2ccc(-n3cc(C(F)(F)F)cn3)c(F)c2)o1. The molecule has 0 unspecified atom stereocenters. The van der Waals surface area contributed by atoms with E-state index >= 15 is 17.6 Å². The number of amides is 1. The van der Waals surface area contributed by atoms with Gasteiger partial charge in [0.05, 0.1) is 41.7 Å². The van der Waals surface area contributed by atoms with Crippen LogP contribution in [0.25, 0.3) is 17.1 Å². The zero-order chi connectivity index (χ0) is 31.5. The van der Waals surface area contributed by atoms with Gasteiger partial charge >= 0.3 is 6.18 Å². The van der Waals surface area contributed by atoms with Crippen molar-refractivity contribution in [2.24, 2.45) is 5.73 Å². The van der Waals surface area contributed by atoms with Crippen molar-refractivity contribution in [2.75, 3.05) is 4.90 Å². The summed E-state index contributed by atoms with van der Waals surface area (Å²) in [5, 5.41) is 20.3. The summed E-state index contributed by atoms with van der Waals surface area (Å²) in [6.45, 7) is 2.40. The van der Waals surface area contributed by atoms with Crippen LogP contribution in [0.15, 0.2) is 47.1 Å². The Kier molecular flexibility index (Phi) is 7.04. The molecular weight excluding hydrogens is 587 g/mol. The Bertz CT molecular complexity index is 1770.